The van der Waals surface area contributed by atoms with Crippen molar-refractivity contribution in [2.75, 3.05) is 13.2 Å². The Bertz CT molecular complexity index is 1440. The van der Waals surface area contributed by atoms with E-state index in [1.54, 1.807) is 0 Å². The van der Waals surface area contributed by atoms with E-state index in [2.05, 4.69) is 112 Å². The summed E-state index contributed by atoms with van der Waals surface area (Å²) in [7, 11) is 0. The first-order valence-corrected chi connectivity index (χ1v) is 30.7. The zero-order valence-corrected chi connectivity index (χ0v) is 47.9. The fourth-order valence-corrected chi connectivity index (χ4v) is 8.46. The van der Waals surface area contributed by atoms with Crippen LogP contribution in [0.1, 0.15) is 290 Å². The second kappa shape index (κ2) is 60.9. The van der Waals surface area contributed by atoms with Gasteiger partial charge in [-0.05, 0) is 109 Å². The van der Waals surface area contributed by atoms with Crippen molar-refractivity contribution >= 4 is 17.9 Å². The monoisotopic (exact) mass is 1010 g/mol. The van der Waals surface area contributed by atoms with Crippen molar-refractivity contribution in [1.29, 1.82) is 0 Å². The number of hydrogen-bond donors (Lipinski definition) is 0. The zero-order chi connectivity index (χ0) is 52.9. The summed E-state index contributed by atoms with van der Waals surface area (Å²) in [5.74, 6) is -0.999. The predicted octanol–water partition coefficient (Wildman–Crippen LogP) is 20.9. The predicted molar refractivity (Wildman–Crippen MR) is 316 cm³/mol. The van der Waals surface area contributed by atoms with E-state index in [9.17, 15) is 14.4 Å². The smallest absolute Gasteiger partial charge is 0.306 e. The van der Waals surface area contributed by atoms with E-state index in [0.717, 1.165) is 89.9 Å². The van der Waals surface area contributed by atoms with Crippen LogP contribution < -0.4 is 0 Å². The first-order valence-electron chi connectivity index (χ1n) is 30.7. The largest absolute Gasteiger partial charge is 0.462 e. The third kappa shape index (κ3) is 59.1. The van der Waals surface area contributed by atoms with Gasteiger partial charge in [-0.1, -0.05) is 259 Å². The Morgan fingerprint density at radius 1 is 0.288 bits per heavy atom. The molecule has 0 rings (SSSR count). The highest BCUT2D eigenvalue weighted by Gasteiger charge is 2.19. The molecule has 418 valence electrons. The SMILES string of the molecule is CC/C=C\C/C=C\C/C=C\C/C=C\CCC(=O)OCC(COC(=O)CCCCCCCC/C=C\C/C=C\C/C=C\CCCCCCC)OC(=O)CCCCCCCCCCC/C=C\CCCCCCCCCC. The summed E-state index contributed by atoms with van der Waals surface area (Å²) in [6.07, 6.45) is 81.4. The number of esters is 3. The molecule has 0 N–H and O–H groups in total. The molecule has 6 heteroatoms. The van der Waals surface area contributed by atoms with Gasteiger partial charge in [-0.25, -0.2) is 0 Å². The van der Waals surface area contributed by atoms with Crippen molar-refractivity contribution in [3.63, 3.8) is 0 Å². The Kier molecular flexibility index (Phi) is 57.8. The molecule has 0 aliphatic heterocycles. The molecule has 1 unspecified atom stereocenters. The minimum atomic E-state index is -0.815. The Labute approximate surface area is 451 Å². The number of rotatable bonds is 55. The van der Waals surface area contributed by atoms with E-state index in [4.69, 9.17) is 14.2 Å². The lowest BCUT2D eigenvalue weighted by Gasteiger charge is -2.18. The summed E-state index contributed by atoms with van der Waals surface area (Å²) in [6, 6.07) is 0. The quantitative estimate of drug-likeness (QED) is 0.0261. The summed E-state index contributed by atoms with van der Waals surface area (Å²) in [5.41, 5.74) is 0. The van der Waals surface area contributed by atoms with Crippen LogP contribution >= 0.6 is 0 Å². The van der Waals surface area contributed by atoms with E-state index in [1.165, 1.54) is 154 Å². The third-order valence-corrected chi connectivity index (χ3v) is 13.1. The molecule has 0 bridgehead atoms. The molecule has 0 radical (unpaired) electrons. The van der Waals surface area contributed by atoms with Crippen LogP contribution in [-0.2, 0) is 28.6 Å². The molecule has 6 nitrogen and oxygen atoms in total. The highest BCUT2D eigenvalue weighted by atomic mass is 16.6. The van der Waals surface area contributed by atoms with E-state index in [0.29, 0.717) is 19.3 Å². The second-order valence-corrected chi connectivity index (χ2v) is 20.2. The Hall–Kier alpha value is -3.67. The average molecular weight is 1020 g/mol. The van der Waals surface area contributed by atoms with E-state index >= 15 is 0 Å². The maximum atomic E-state index is 12.9. The summed E-state index contributed by atoms with van der Waals surface area (Å²) in [6.45, 7) is 6.45. The lowest BCUT2D eigenvalue weighted by molar-refractivity contribution is -0.166. The van der Waals surface area contributed by atoms with Gasteiger partial charge in [0.2, 0.25) is 0 Å². The minimum Gasteiger partial charge on any atom is -0.462 e. The van der Waals surface area contributed by atoms with Gasteiger partial charge in [0.1, 0.15) is 13.2 Å². The van der Waals surface area contributed by atoms with Gasteiger partial charge in [-0.3, -0.25) is 14.4 Å². The molecule has 73 heavy (non-hydrogen) atoms. The summed E-state index contributed by atoms with van der Waals surface area (Å²) >= 11 is 0. The molecule has 0 aromatic heterocycles. The maximum Gasteiger partial charge on any atom is 0.306 e. The van der Waals surface area contributed by atoms with Gasteiger partial charge < -0.3 is 14.2 Å². The van der Waals surface area contributed by atoms with Crippen LogP contribution in [0.5, 0.6) is 0 Å². The Balaban J connectivity index is 4.42. The lowest BCUT2D eigenvalue weighted by atomic mass is 10.1. The fraction of sp³-hybridized carbons (Fsp3) is 0.716. The molecule has 0 aliphatic rings. The van der Waals surface area contributed by atoms with Crippen molar-refractivity contribution in [2.24, 2.45) is 0 Å². The third-order valence-electron chi connectivity index (χ3n) is 13.1. The van der Waals surface area contributed by atoms with Gasteiger partial charge in [-0.2, -0.15) is 0 Å². The van der Waals surface area contributed by atoms with E-state index < -0.39 is 6.10 Å². The summed E-state index contributed by atoms with van der Waals surface area (Å²) in [5, 5.41) is 0. The highest BCUT2D eigenvalue weighted by molar-refractivity contribution is 5.71. The minimum absolute atomic E-state index is 0.107. The highest BCUT2D eigenvalue weighted by Crippen LogP contribution is 2.15. The van der Waals surface area contributed by atoms with E-state index in [1.807, 2.05) is 6.08 Å². The van der Waals surface area contributed by atoms with Crippen molar-refractivity contribution in [1.82, 2.24) is 0 Å². The van der Waals surface area contributed by atoms with Crippen LogP contribution in [-0.4, -0.2) is 37.2 Å². The molecule has 0 aliphatic carbocycles. The molecule has 0 aromatic rings. The number of ether oxygens (including phenoxy) is 3. The Morgan fingerprint density at radius 3 is 0.932 bits per heavy atom. The molecule has 0 saturated carbocycles. The van der Waals surface area contributed by atoms with Crippen LogP contribution in [0.25, 0.3) is 0 Å². The first-order chi connectivity index (χ1) is 36.0. The molecule has 0 heterocycles. The average Bonchev–Trinajstić information content (AvgIpc) is 3.39. The molecule has 0 saturated heterocycles. The van der Waals surface area contributed by atoms with Crippen LogP contribution in [0.4, 0.5) is 0 Å². The first kappa shape index (κ1) is 69.3. The van der Waals surface area contributed by atoms with Gasteiger partial charge in [0.15, 0.2) is 6.10 Å². The van der Waals surface area contributed by atoms with Crippen molar-refractivity contribution in [3.8, 4) is 0 Å². The molecule has 0 spiro atoms. The zero-order valence-electron chi connectivity index (χ0n) is 47.9. The summed E-state index contributed by atoms with van der Waals surface area (Å²) in [4.78, 5) is 38.2. The number of allylic oxidation sites excluding steroid dienone is 16. The summed E-state index contributed by atoms with van der Waals surface area (Å²) < 4.78 is 16.8. The van der Waals surface area contributed by atoms with Crippen molar-refractivity contribution in [2.45, 2.75) is 297 Å². The lowest BCUT2D eigenvalue weighted by Crippen LogP contribution is -2.30. The molecule has 0 aromatic carbocycles. The van der Waals surface area contributed by atoms with E-state index in [-0.39, 0.29) is 37.5 Å². The van der Waals surface area contributed by atoms with Gasteiger partial charge in [0, 0.05) is 19.3 Å². The molecular weight excluding hydrogens is 901 g/mol. The molecule has 1 atom stereocenters. The molecular formula is C67H114O6. The van der Waals surface area contributed by atoms with Crippen LogP contribution in [0, 0.1) is 0 Å². The fourth-order valence-electron chi connectivity index (χ4n) is 8.46. The Morgan fingerprint density at radius 2 is 0.562 bits per heavy atom. The van der Waals surface area contributed by atoms with Gasteiger partial charge in [0.05, 0.1) is 0 Å². The van der Waals surface area contributed by atoms with Gasteiger partial charge in [0.25, 0.3) is 0 Å². The van der Waals surface area contributed by atoms with Gasteiger partial charge >= 0.3 is 17.9 Å². The van der Waals surface area contributed by atoms with Crippen molar-refractivity contribution < 1.29 is 28.6 Å². The van der Waals surface area contributed by atoms with Crippen LogP contribution in [0.2, 0.25) is 0 Å². The number of hydrogen-bond acceptors (Lipinski definition) is 6. The number of unbranched alkanes of at least 4 members (excludes halogenated alkanes) is 28. The van der Waals surface area contributed by atoms with Gasteiger partial charge in [-0.15, -0.1) is 0 Å². The molecule has 0 fully saturated rings. The topological polar surface area (TPSA) is 78.9 Å². The number of carbonyl (C=O) groups excluding carboxylic acids is 3. The number of carbonyl (C=O) groups is 3. The van der Waals surface area contributed by atoms with Crippen molar-refractivity contribution in [3.05, 3.63) is 97.2 Å². The normalized spacial score (nSPS) is 12.8. The molecule has 0 amide bonds. The second-order valence-electron chi connectivity index (χ2n) is 20.2. The standard InChI is InChI=1S/C67H114O6/c1-4-7-10-13-16-19-22-25-27-29-31-33-35-37-39-42-45-48-51-54-57-60-66(69)72-63-64(62-71-65(68)59-56-53-50-47-44-41-24-21-18-15-12-9-6-3)73-67(70)61-58-55-52-49-46-43-40-38-36-34-32-30-28-26-23-20-17-14-11-8-5-2/h9,12,18,21-22,25,29-32,35,37,41,44,50,53,64H,4-8,10-11,13-17,19-20,23-24,26-28,33-34,36,38-40,42-43,45-49,51-52,54-63H2,1-3H3/b12-9-,21-18-,25-22-,31-29-,32-30-,37-35-,44-41-,53-50-. The van der Waals surface area contributed by atoms with Crippen LogP contribution in [0.15, 0.2) is 97.2 Å². The maximum absolute atomic E-state index is 12.9. The van der Waals surface area contributed by atoms with Crippen LogP contribution in [0.3, 0.4) is 0 Å².